The van der Waals surface area contributed by atoms with E-state index < -0.39 is 0 Å². The Kier molecular flexibility index (Phi) is 6.95. The van der Waals surface area contributed by atoms with Crippen LogP contribution in [0.5, 0.6) is 0 Å². The summed E-state index contributed by atoms with van der Waals surface area (Å²) in [5.41, 5.74) is 11.6. The third-order valence-electron chi connectivity index (χ3n) is 7.80. The first-order chi connectivity index (χ1) is 18.8. The van der Waals surface area contributed by atoms with E-state index in [-0.39, 0.29) is 0 Å². The fourth-order valence-corrected chi connectivity index (χ4v) is 5.60. The lowest BCUT2D eigenvalue weighted by Crippen LogP contribution is -2.10. The predicted molar refractivity (Wildman–Crippen MR) is 162 cm³/mol. The monoisotopic (exact) mass is 492 g/mol. The van der Waals surface area contributed by atoms with Crippen LogP contribution in [0, 0.1) is 5.92 Å². The molecule has 0 N–H and O–H groups in total. The van der Waals surface area contributed by atoms with Gasteiger partial charge in [0.15, 0.2) is 0 Å². The number of nitrogens with zero attached hydrogens (tertiary/aromatic N) is 2. The zero-order valence-corrected chi connectivity index (χ0v) is 21.6. The number of aromatic nitrogens is 1. The first kappa shape index (κ1) is 24.1. The molecule has 6 rings (SSSR count). The number of rotatable bonds is 6. The van der Waals surface area contributed by atoms with Gasteiger partial charge < -0.3 is 0 Å². The summed E-state index contributed by atoms with van der Waals surface area (Å²) in [6.45, 7) is 3.92. The molecule has 2 nitrogen and oxygen atoms in total. The van der Waals surface area contributed by atoms with Gasteiger partial charge in [-0.25, -0.2) is 0 Å². The zero-order valence-electron chi connectivity index (χ0n) is 21.6. The van der Waals surface area contributed by atoms with Crippen LogP contribution in [0.3, 0.4) is 0 Å². The number of benzene rings is 2. The highest BCUT2D eigenvalue weighted by Crippen LogP contribution is 2.40. The van der Waals surface area contributed by atoms with Crippen molar-refractivity contribution in [2.24, 2.45) is 10.9 Å². The minimum Gasteiger partial charge on any atom is -0.269 e. The second kappa shape index (κ2) is 11.0. The second-order valence-corrected chi connectivity index (χ2v) is 10.2. The number of hydrogen-bond donors (Lipinski definition) is 0. The minimum atomic E-state index is 0.344. The van der Waals surface area contributed by atoms with Gasteiger partial charge in [0.25, 0.3) is 0 Å². The van der Waals surface area contributed by atoms with Crippen molar-refractivity contribution in [1.29, 1.82) is 0 Å². The number of pyridine rings is 1. The van der Waals surface area contributed by atoms with Gasteiger partial charge in [0.05, 0.1) is 0 Å². The molecule has 1 aromatic heterocycles. The standard InChI is InChI=1S/C36H32N2/c1-2-26-7-9-29(10-8-26)34-21-35(30-15-11-27(12-16-30)32-5-3-19-37-24-32)23-36(22-34)31-17-13-28(14-18-31)33-6-4-20-38-25-33/h2-3,5,7-15,17-21,23-25,30,34H,1,4,6,16,22H2. The Morgan fingerprint density at radius 2 is 1.68 bits per heavy atom. The Labute approximate surface area is 225 Å². The summed E-state index contributed by atoms with van der Waals surface area (Å²) >= 11 is 0. The molecule has 3 aliphatic rings. The van der Waals surface area contributed by atoms with E-state index >= 15 is 0 Å². The van der Waals surface area contributed by atoms with E-state index in [4.69, 9.17) is 0 Å². The van der Waals surface area contributed by atoms with Gasteiger partial charge in [0.2, 0.25) is 0 Å². The fourth-order valence-electron chi connectivity index (χ4n) is 5.60. The maximum absolute atomic E-state index is 4.36. The first-order valence-electron chi connectivity index (χ1n) is 13.5. The van der Waals surface area contributed by atoms with Gasteiger partial charge in [-0.05, 0) is 81.9 Å². The molecule has 186 valence electrons. The van der Waals surface area contributed by atoms with Crippen LogP contribution in [0.15, 0.2) is 127 Å². The Balaban J connectivity index is 1.30. The second-order valence-electron chi connectivity index (χ2n) is 10.2. The zero-order chi connectivity index (χ0) is 25.7. The smallest absolute Gasteiger partial charge is 0.0346 e. The van der Waals surface area contributed by atoms with Gasteiger partial charge in [-0.1, -0.05) is 97.6 Å². The quantitative estimate of drug-likeness (QED) is 0.337. The lowest BCUT2D eigenvalue weighted by Gasteiger charge is -2.27. The largest absolute Gasteiger partial charge is 0.269 e. The molecule has 2 heteroatoms. The predicted octanol–water partition coefficient (Wildman–Crippen LogP) is 9.09. The Morgan fingerprint density at radius 3 is 2.34 bits per heavy atom. The molecule has 3 aromatic rings. The van der Waals surface area contributed by atoms with E-state index in [1.807, 2.05) is 37.0 Å². The molecule has 2 heterocycles. The minimum absolute atomic E-state index is 0.344. The third-order valence-corrected chi connectivity index (χ3v) is 7.80. The highest BCUT2D eigenvalue weighted by Gasteiger charge is 2.23. The molecule has 0 saturated carbocycles. The molecule has 2 unspecified atom stereocenters. The fraction of sp³-hybridized carbons (Fsp3) is 0.167. The Bertz CT molecular complexity index is 1490. The van der Waals surface area contributed by atoms with Crippen molar-refractivity contribution in [3.05, 3.63) is 150 Å². The van der Waals surface area contributed by atoms with Gasteiger partial charge in [0, 0.05) is 36.6 Å². The Morgan fingerprint density at radius 1 is 0.868 bits per heavy atom. The molecule has 2 aromatic carbocycles. The van der Waals surface area contributed by atoms with Gasteiger partial charge in [-0.15, -0.1) is 0 Å². The van der Waals surface area contributed by atoms with E-state index in [9.17, 15) is 0 Å². The molecule has 0 spiro atoms. The number of allylic oxidation sites excluding steroid dienone is 9. The lowest BCUT2D eigenvalue weighted by atomic mass is 9.77. The van der Waals surface area contributed by atoms with E-state index in [2.05, 4.69) is 102 Å². The van der Waals surface area contributed by atoms with Crippen molar-refractivity contribution < 1.29 is 0 Å². The van der Waals surface area contributed by atoms with Crippen LogP contribution < -0.4 is 0 Å². The van der Waals surface area contributed by atoms with Gasteiger partial charge in [-0.2, -0.15) is 0 Å². The van der Waals surface area contributed by atoms with E-state index in [1.165, 1.54) is 44.5 Å². The van der Waals surface area contributed by atoms with Gasteiger partial charge >= 0.3 is 0 Å². The van der Waals surface area contributed by atoms with Crippen LogP contribution in [0.2, 0.25) is 0 Å². The molecule has 2 aliphatic carbocycles. The van der Waals surface area contributed by atoms with Crippen molar-refractivity contribution in [3.63, 3.8) is 0 Å². The number of hydrogen-bond acceptors (Lipinski definition) is 2. The molecular formula is C36H32N2. The maximum Gasteiger partial charge on any atom is 0.0346 e. The maximum atomic E-state index is 4.36. The molecule has 38 heavy (non-hydrogen) atoms. The van der Waals surface area contributed by atoms with Crippen LogP contribution in [-0.4, -0.2) is 11.2 Å². The van der Waals surface area contributed by atoms with Crippen molar-refractivity contribution in [3.8, 4) is 0 Å². The van der Waals surface area contributed by atoms with Crippen molar-refractivity contribution in [2.45, 2.75) is 31.6 Å². The summed E-state index contributed by atoms with van der Waals surface area (Å²) in [5, 5.41) is 0. The van der Waals surface area contributed by atoms with Crippen LogP contribution in [0.4, 0.5) is 0 Å². The summed E-state index contributed by atoms with van der Waals surface area (Å²) in [6.07, 6.45) is 25.6. The van der Waals surface area contributed by atoms with E-state index in [1.54, 1.807) is 0 Å². The SMILES string of the molecule is C=Cc1ccc(C2C=C(C3C=CC(c4cccnc4)=CC3)C=C(c3ccc(C4=CN=CCC4)cc3)C2)cc1. The van der Waals surface area contributed by atoms with Crippen LogP contribution in [0.25, 0.3) is 22.8 Å². The summed E-state index contributed by atoms with van der Waals surface area (Å²) in [4.78, 5) is 8.65. The van der Waals surface area contributed by atoms with Crippen molar-refractivity contribution in [2.75, 3.05) is 0 Å². The van der Waals surface area contributed by atoms with Crippen LogP contribution in [0.1, 0.15) is 59.4 Å². The highest BCUT2D eigenvalue weighted by atomic mass is 14.7. The number of aliphatic imine (C=N–C) groups is 1. The molecular weight excluding hydrogens is 460 g/mol. The normalized spacial score (nSPS) is 20.7. The molecule has 0 saturated heterocycles. The van der Waals surface area contributed by atoms with Crippen molar-refractivity contribution in [1.82, 2.24) is 4.98 Å². The molecule has 2 atom stereocenters. The Hall–Kier alpha value is -4.30. The van der Waals surface area contributed by atoms with Crippen molar-refractivity contribution >= 4 is 29.0 Å². The molecule has 0 bridgehead atoms. The third kappa shape index (κ3) is 5.21. The highest BCUT2D eigenvalue weighted by molar-refractivity contribution is 5.78. The molecule has 0 amide bonds. The van der Waals surface area contributed by atoms with Gasteiger partial charge in [-0.3, -0.25) is 9.98 Å². The summed E-state index contributed by atoms with van der Waals surface area (Å²) in [5.74, 6) is 0.709. The van der Waals surface area contributed by atoms with E-state index in [0.29, 0.717) is 11.8 Å². The lowest BCUT2D eigenvalue weighted by molar-refractivity contribution is 0.753. The first-order valence-corrected chi connectivity index (χ1v) is 13.5. The molecule has 0 fully saturated rings. The molecule has 1 aliphatic heterocycles. The van der Waals surface area contributed by atoms with Crippen LogP contribution >= 0.6 is 0 Å². The summed E-state index contributed by atoms with van der Waals surface area (Å²) in [6, 6.07) is 22.1. The van der Waals surface area contributed by atoms with Crippen LogP contribution in [-0.2, 0) is 0 Å². The van der Waals surface area contributed by atoms with E-state index in [0.717, 1.165) is 31.2 Å². The average Bonchev–Trinajstić information content (AvgIpc) is 3.02. The average molecular weight is 493 g/mol. The van der Waals surface area contributed by atoms with Gasteiger partial charge in [0.1, 0.15) is 0 Å². The summed E-state index contributed by atoms with van der Waals surface area (Å²) in [7, 11) is 0. The molecule has 0 radical (unpaired) electrons. The summed E-state index contributed by atoms with van der Waals surface area (Å²) < 4.78 is 0. The topological polar surface area (TPSA) is 25.2 Å².